The zero-order chi connectivity index (χ0) is 19.0. The number of aromatic nitrogens is 2. The summed E-state index contributed by atoms with van der Waals surface area (Å²) in [4.78, 5) is 26.7. The average molecular weight is 370 g/mol. The molecule has 1 aliphatic carbocycles. The maximum Gasteiger partial charge on any atom is 0.255 e. The Hall–Kier alpha value is -2.70. The van der Waals surface area contributed by atoms with Crippen molar-refractivity contribution < 1.29 is 14.0 Å². The summed E-state index contributed by atoms with van der Waals surface area (Å²) in [6.45, 7) is 0.384. The van der Waals surface area contributed by atoms with E-state index in [1.165, 1.54) is 23.5 Å². The number of nitrogens with one attached hydrogen (secondary N) is 1. The Kier molecular flexibility index (Phi) is 4.68. The molecule has 2 aromatic rings. The number of β-lactam (4-membered cyclic amide) rings is 1. The van der Waals surface area contributed by atoms with Crippen molar-refractivity contribution in [1.29, 1.82) is 0 Å². The second-order valence-corrected chi connectivity index (χ2v) is 7.39. The normalized spacial score (nSPS) is 20.4. The molecule has 2 aliphatic rings. The van der Waals surface area contributed by atoms with Crippen molar-refractivity contribution in [1.82, 2.24) is 15.1 Å². The van der Waals surface area contributed by atoms with E-state index < -0.39 is 6.04 Å². The van der Waals surface area contributed by atoms with Crippen LogP contribution in [0.2, 0.25) is 0 Å². The molecule has 0 radical (unpaired) electrons. The predicted octanol–water partition coefficient (Wildman–Crippen LogP) is 2.75. The highest BCUT2D eigenvalue weighted by atomic mass is 19.1. The lowest BCUT2D eigenvalue weighted by molar-refractivity contribution is -0.124. The van der Waals surface area contributed by atoms with Crippen LogP contribution < -0.4 is 10.2 Å². The Balaban J connectivity index is 1.43. The molecule has 142 valence electrons. The van der Waals surface area contributed by atoms with Crippen molar-refractivity contribution in [2.45, 2.75) is 44.1 Å². The maximum absolute atomic E-state index is 13.0. The summed E-state index contributed by atoms with van der Waals surface area (Å²) in [6, 6.07) is 5.21. The minimum absolute atomic E-state index is 0.182. The molecule has 0 bridgehead atoms. The first-order valence-electron chi connectivity index (χ1n) is 9.44. The third kappa shape index (κ3) is 3.46. The highest BCUT2D eigenvalue weighted by molar-refractivity contribution is 6.07. The Bertz CT molecular complexity index is 855. The van der Waals surface area contributed by atoms with Crippen LogP contribution in [0.1, 0.15) is 54.1 Å². The van der Waals surface area contributed by atoms with Crippen molar-refractivity contribution in [3.05, 3.63) is 47.5 Å². The number of hydrogen-bond acceptors (Lipinski definition) is 3. The van der Waals surface area contributed by atoms with Crippen molar-refractivity contribution >= 4 is 17.5 Å². The van der Waals surface area contributed by atoms with Gasteiger partial charge in [-0.3, -0.25) is 14.3 Å². The van der Waals surface area contributed by atoms with Gasteiger partial charge in [-0.25, -0.2) is 4.39 Å². The van der Waals surface area contributed by atoms with Crippen molar-refractivity contribution in [3.63, 3.8) is 0 Å². The van der Waals surface area contributed by atoms with Gasteiger partial charge in [-0.05, 0) is 37.1 Å². The van der Waals surface area contributed by atoms with E-state index in [0.717, 1.165) is 31.4 Å². The molecular formula is C20H23FN4O2. The Morgan fingerprint density at radius 1 is 1.19 bits per heavy atom. The van der Waals surface area contributed by atoms with Crippen LogP contribution in [0.15, 0.2) is 30.5 Å². The molecule has 2 heterocycles. The zero-order valence-electron chi connectivity index (χ0n) is 15.3. The fraction of sp³-hybridized carbons (Fsp3) is 0.450. The molecule has 6 nitrogen and oxygen atoms in total. The van der Waals surface area contributed by atoms with E-state index >= 15 is 0 Å². The van der Waals surface area contributed by atoms with Crippen LogP contribution in [0.4, 0.5) is 10.1 Å². The number of aryl methyl sites for hydroxylation is 1. The van der Waals surface area contributed by atoms with Crippen LogP contribution in [-0.2, 0) is 11.8 Å². The Morgan fingerprint density at radius 2 is 1.89 bits per heavy atom. The summed E-state index contributed by atoms with van der Waals surface area (Å²) in [5.41, 5.74) is 2.05. The highest BCUT2D eigenvalue weighted by Gasteiger charge is 2.39. The standard InChI is InChI=1S/C20H23FN4O2/c1-24-11-16(18(23-24)13-5-3-2-4-6-13)19(26)22-17-12-25(20(17)27)15-9-7-14(21)8-10-15/h7-11,13,17H,2-6,12H2,1H3,(H,22,26). The van der Waals surface area contributed by atoms with Gasteiger partial charge in [0.25, 0.3) is 11.8 Å². The van der Waals surface area contributed by atoms with Gasteiger partial charge in [0.05, 0.1) is 17.8 Å². The summed E-state index contributed by atoms with van der Waals surface area (Å²) < 4.78 is 14.7. The number of carbonyl (C=O) groups is 2. The Labute approximate surface area is 157 Å². The van der Waals surface area contributed by atoms with Crippen LogP contribution in [0, 0.1) is 5.82 Å². The molecule has 1 saturated heterocycles. The smallest absolute Gasteiger partial charge is 0.255 e. The van der Waals surface area contributed by atoms with E-state index in [0.29, 0.717) is 23.7 Å². The first-order chi connectivity index (χ1) is 13.0. The number of amides is 2. The number of hydrogen-bond donors (Lipinski definition) is 1. The second kappa shape index (κ2) is 7.13. The highest BCUT2D eigenvalue weighted by Crippen LogP contribution is 2.33. The zero-order valence-corrected chi connectivity index (χ0v) is 15.3. The number of halogens is 1. The molecule has 1 unspecified atom stereocenters. The summed E-state index contributed by atoms with van der Waals surface area (Å²) in [6.07, 6.45) is 7.41. The SMILES string of the molecule is Cn1cc(C(=O)NC2CN(c3ccc(F)cc3)C2=O)c(C2CCCCC2)n1. The summed E-state index contributed by atoms with van der Waals surface area (Å²) >= 11 is 0. The number of nitrogens with zero attached hydrogens (tertiary/aromatic N) is 3. The number of benzene rings is 1. The molecular weight excluding hydrogens is 347 g/mol. The molecule has 27 heavy (non-hydrogen) atoms. The molecule has 0 spiro atoms. The fourth-order valence-electron chi connectivity index (χ4n) is 3.98. The number of rotatable bonds is 4. The van der Waals surface area contributed by atoms with Crippen LogP contribution in [0.3, 0.4) is 0 Å². The van der Waals surface area contributed by atoms with E-state index in [4.69, 9.17) is 0 Å². The largest absolute Gasteiger partial charge is 0.338 e. The third-order valence-electron chi connectivity index (χ3n) is 5.47. The quantitative estimate of drug-likeness (QED) is 0.842. The summed E-state index contributed by atoms with van der Waals surface area (Å²) in [5, 5.41) is 7.35. The molecule has 2 fully saturated rings. The van der Waals surface area contributed by atoms with E-state index in [1.54, 1.807) is 23.0 Å². The Morgan fingerprint density at radius 3 is 2.56 bits per heavy atom. The van der Waals surface area contributed by atoms with Gasteiger partial charge in [-0.1, -0.05) is 19.3 Å². The maximum atomic E-state index is 13.0. The van der Waals surface area contributed by atoms with Crippen LogP contribution in [0.25, 0.3) is 0 Å². The molecule has 2 amide bonds. The number of anilines is 1. The lowest BCUT2D eigenvalue weighted by Gasteiger charge is -2.38. The third-order valence-corrected chi connectivity index (χ3v) is 5.47. The molecule has 1 aliphatic heterocycles. The van der Waals surface area contributed by atoms with Crippen LogP contribution in [0.5, 0.6) is 0 Å². The average Bonchev–Trinajstić information content (AvgIpc) is 3.08. The topological polar surface area (TPSA) is 67.2 Å². The summed E-state index contributed by atoms with van der Waals surface area (Å²) in [5.74, 6) is -0.462. The minimum atomic E-state index is -0.554. The van der Waals surface area contributed by atoms with Crippen molar-refractivity contribution in [2.75, 3.05) is 11.4 Å². The van der Waals surface area contributed by atoms with Gasteiger partial charge in [-0.2, -0.15) is 5.10 Å². The summed E-state index contributed by atoms with van der Waals surface area (Å²) in [7, 11) is 1.81. The van der Waals surface area contributed by atoms with Gasteiger partial charge in [0.15, 0.2) is 0 Å². The van der Waals surface area contributed by atoms with E-state index in [1.807, 2.05) is 7.05 Å². The molecule has 7 heteroatoms. The van der Waals surface area contributed by atoms with E-state index in [9.17, 15) is 14.0 Å². The monoisotopic (exact) mass is 370 g/mol. The molecule has 1 N–H and O–H groups in total. The first-order valence-corrected chi connectivity index (χ1v) is 9.44. The van der Waals surface area contributed by atoms with Gasteiger partial charge < -0.3 is 10.2 Å². The lowest BCUT2D eigenvalue weighted by Crippen LogP contribution is -2.64. The molecule has 1 atom stereocenters. The molecule has 4 rings (SSSR count). The van der Waals surface area contributed by atoms with E-state index in [-0.39, 0.29) is 17.6 Å². The second-order valence-electron chi connectivity index (χ2n) is 7.39. The van der Waals surface area contributed by atoms with Crippen molar-refractivity contribution in [3.8, 4) is 0 Å². The van der Waals surface area contributed by atoms with Gasteiger partial charge in [-0.15, -0.1) is 0 Å². The predicted molar refractivity (Wildman–Crippen MR) is 99.0 cm³/mol. The van der Waals surface area contributed by atoms with Gasteiger partial charge in [0.2, 0.25) is 0 Å². The van der Waals surface area contributed by atoms with Gasteiger partial charge >= 0.3 is 0 Å². The number of carbonyl (C=O) groups excluding carboxylic acids is 2. The van der Waals surface area contributed by atoms with Gasteiger partial charge in [0.1, 0.15) is 11.9 Å². The van der Waals surface area contributed by atoms with Crippen LogP contribution in [-0.4, -0.2) is 34.2 Å². The first kappa shape index (κ1) is 17.7. The van der Waals surface area contributed by atoms with E-state index in [2.05, 4.69) is 10.4 Å². The minimum Gasteiger partial charge on any atom is -0.338 e. The molecule has 1 aromatic carbocycles. The lowest BCUT2D eigenvalue weighted by atomic mass is 9.85. The van der Waals surface area contributed by atoms with Gasteiger partial charge in [0, 0.05) is 24.8 Å². The fourth-order valence-corrected chi connectivity index (χ4v) is 3.98. The van der Waals surface area contributed by atoms with Crippen molar-refractivity contribution in [2.24, 2.45) is 7.05 Å². The van der Waals surface area contributed by atoms with Crippen LogP contribution >= 0.6 is 0 Å². The molecule has 1 aromatic heterocycles. The molecule has 1 saturated carbocycles.